The highest BCUT2D eigenvalue weighted by molar-refractivity contribution is 9.10. The summed E-state index contributed by atoms with van der Waals surface area (Å²) in [5, 5.41) is 2.72. The van der Waals surface area contributed by atoms with Crippen LogP contribution in [0.3, 0.4) is 0 Å². The maximum Gasteiger partial charge on any atom is 0.227 e. The van der Waals surface area contributed by atoms with Gasteiger partial charge in [-0.05, 0) is 53.4 Å². The normalized spacial score (nSPS) is 22.4. The van der Waals surface area contributed by atoms with Crippen molar-refractivity contribution >= 4 is 39.9 Å². The molecule has 1 aromatic rings. The number of hydrogen-bond acceptors (Lipinski definition) is 2. The van der Waals surface area contributed by atoms with Gasteiger partial charge in [0.1, 0.15) is 5.82 Å². The number of halogens is 3. The molecule has 3 N–H and O–H groups in total. The number of nitrogens with one attached hydrogen (secondary N) is 1. The number of benzene rings is 1. The molecule has 18 heavy (non-hydrogen) atoms. The minimum Gasteiger partial charge on any atom is -0.328 e. The molecular weight excluding hydrogens is 322 g/mol. The molecule has 0 bridgehead atoms. The van der Waals surface area contributed by atoms with Crippen LogP contribution in [0, 0.1) is 11.7 Å². The number of carbonyl (C=O) groups excluding carboxylic acids is 1. The van der Waals surface area contributed by atoms with E-state index in [1.807, 2.05) is 0 Å². The van der Waals surface area contributed by atoms with Crippen molar-refractivity contribution in [2.24, 2.45) is 11.7 Å². The molecule has 0 heterocycles. The van der Waals surface area contributed by atoms with Gasteiger partial charge in [-0.15, -0.1) is 12.4 Å². The predicted molar refractivity (Wildman–Crippen MR) is 75.3 cm³/mol. The van der Waals surface area contributed by atoms with Crippen molar-refractivity contribution in [3.8, 4) is 0 Å². The zero-order valence-electron chi connectivity index (χ0n) is 9.66. The fraction of sp³-hybridized carbons (Fsp3) is 0.417. The molecule has 1 saturated carbocycles. The fourth-order valence-electron chi connectivity index (χ4n) is 2.07. The number of hydrogen-bond donors (Lipinski definition) is 2. The second-order valence-electron chi connectivity index (χ2n) is 4.39. The van der Waals surface area contributed by atoms with E-state index in [1.54, 1.807) is 12.1 Å². The van der Waals surface area contributed by atoms with E-state index in [9.17, 15) is 9.18 Å². The fourth-order valence-corrected chi connectivity index (χ4v) is 2.32. The van der Waals surface area contributed by atoms with Gasteiger partial charge < -0.3 is 11.1 Å². The summed E-state index contributed by atoms with van der Waals surface area (Å²) < 4.78 is 13.6. The molecule has 0 saturated heterocycles. The number of carbonyl (C=O) groups is 1. The highest BCUT2D eigenvalue weighted by Gasteiger charge is 2.27. The van der Waals surface area contributed by atoms with Crippen molar-refractivity contribution in [2.45, 2.75) is 25.3 Å². The summed E-state index contributed by atoms with van der Waals surface area (Å²) in [5.41, 5.74) is 6.24. The maximum atomic E-state index is 13.3. The molecule has 2 atom stereocenters. The van der Waals surface area contributed by atoms with Gasteiger partial charge in [-0.1, -0.05) is 0 Å². The molecule has 3 nitrogen and oxygen atoms in total. The van der Waals surface area contributed by atoms with Crippen molar-refractivity contribution in [1.29, 1.82) is 0 Å². The smallest absolute Gasteiger partial charge is 0.227 e. The molecule has 0 aromatic heterocycles. The highest BCUT2D eigenvalue weighted by Crippen LogP contribution is 2.26. The number of anilines is 1. The minimum atomic E-state index is -0.383. The van der Waals surface area contributed by atoms with Crippen LogP contribution in [0.4, 0.5) is 10.1 Å². The number of rotatable bonds is 2. The summed E-state index contributed by atoms with van der Waals surface area (Å²) in [6.07, 6.45) is 2.41. The first-order chi connectivity index (χ1) is 8.06. The van der Waals surface area contributed by atoms with Gasteiger partial charge in [0.2, 0.25) is 5.91 Å². The van der Waals surface area contributed by atoms with Crippen LogP contribution in [0.2, 0.25) is 0 Å². The second kappa shape index (κ2) is 6.50. The number of amides is 1. The van der Waals surface area contributed by atoms with Gasteiger partial charge in [-0.3, -0.25) is 4.79 Å². The lowest BCUT2D eigenvalue weighted by Crippen LogP contribution is -2.23. The zero-order chi connectivity index (χ0) is 12.4. The molecule has 1 aromatic carbocycles. The maximum absolute atomic E-state index is 13.3. The third kappa shape index (κ3) is 3.67. The summed E-state index contributed by atoms with van der Waals surface area (Å²) in [4.78, 5) is 11.9. The Morgan fingerprint density at radius 1 is 1.44 bits per heavy atom. The molecule has 0 aliphatic heterocycles. The predicted octanol–water partition coefficient (Wildman–Crippen LogP) is 3.08. The average Bonchev–Trinajstić information content (AvgIpc) is 2.70. The Labute approximate surface area is 120 Å². The SMILES string of the molecule is Cl.NC1CCC(C(=O)Nc2ccc(Br)c(F)c2)C1. The van der Waals surface area contributed by atoms with Crippen LogP contribution in [-0.2, 0) is 4.79 Å². The van der Waals surface area contributed by atoms with Crippen LogP contribution in [0.25, 0.3) is 0 Å². The Morgan fingerprint density at radius 2 is 2.17 bits per heavy atom. The number of nitrogens with two attached hydrogens (primary N) is 1. The molecule has 1 aliphatic rings. The molecule has 2 rings (SSSR count). The van der Waals surface area contributed by atoms with Gasteiger partial charge >= 0.3 is 0 Å². The third-order valence-electron chi connectivity index (χ3n) is 3.03. The third-order valence-corrected chi connectivity index (χ3v) is 3.67. The average molecular weight is 338 g/mol. The highest BCUT2D eigenvalue weighted by atomic mass is 79.9. The zero-order valence-corrected chi connectivity index (χ0v) is 12.1. The van der Waals surface area contributed by atoms with E-state index >= 15 is 0 Å². The van der Waals surface area contributed by atoms with E-state index < -0.39 is 0 Å². The molecule has 1 fully saturated rings. The van der Waals surface area contributed by atoms with Crippen molar-refractivity contribution in [2.75, 3.05) is 5.32 Å². The quantitative estimate of drug-likeness (QED) is 0.871. The minimum absolute atomic E-state index is 0. The van der Waals surface area contributed by atoms with Crippen LogP contribution >= 0.6 is 28.3 Å². The summed E-state index contributed by atoms with van der Waals surface area (Å²) in [6.45, 7) is 0. The summed E-state index contributed by atoms with van der Waals surface area (Å²) in [6, 6.07) is 4.66. The Morgan fingerprint density at radius 3 is 2.72 bits per heavy atom. The van der Waals surface area contributed by atoms with Crippen LogP contribution in [0.5, 0.6) is 0 Å². The van der Waals surface area contributed by atoms with E-state index in [4.69, 9.17) is 5.73 Å². The van der Waals surface area contributed by atoms with Gasteiger partial charge in [0.25, 0.3) is 0 Å². The molecule has 1 aliphatic carbocycles. The van der Waals surface area contributed by atoms with Crippen molar-refractivity contribution in [1.82, 2.24) is 0 Å². The first kappa shape index (κ1) is 15.4. The molecular formula is C12H15BrClFN2O. The van der Waals surface area contributed by atoms with Crippen LogP contribution in [0.1, 0.15) is 19.3 Å². The first-order valence-electron chi connectivity index (χ1n) is 5.58. The Bertz CT molecular complexity index is 444. The van der Waals surface area contributed by atoms with Gasteiger partial charge in [0.05, 0.1) is 4.47 Å². The summed E-state index contributed by atoms with van der Waals surface area (Å²) in [7, 11) is 0. The van der Waals surface area contributed by atoms with E-state index in [2.05, 4.69) is 21.2 Å². The van der Waals surface area contributed by atoms with Gasteiger partial charge in [0.15, 0.2) is 0 Å². The lowest BCUT2D eigenvalue weighted by Gasteiger charge is -2.11. The van der Waals surface area contributed by atoms with Crippen molar-refractivity contribution in [3.05, 3.63) is 28.5 Å². The first-order valence-corrected chi connectivity index (χ1v) is 6.37. The molecule has 0 radical (unpaired) electrons. The summed E-state index contributed by atoms with van der Waals surface area (Å²) >= 11 is 3.07. The van der Waals surface area contributed by atoms with Crippen molar-refractivity contribution < 1.29 is 9.18 Å². The monoisotopic (exact) mass is 336 g/mol. The van der Waals surface area contributed by atoms with Crippen LogP contribution in [-0.4, -0.2) is 11.9 Å². The van der Waals surface area contributed by atoms with E-state index in [1.165, 1.54) is 6.07 Å². The van der Waals surface area contributed by atoms with Gasteiger partial charge in [0, 0.05) is 17.6 Å². The largest absolute Gasteiger partial charge is 0.328 e. The van der Waals surface area contributed by atoms with E-state index in [0.717, 1.165) is 12.8 Å². The summed E-state index contributed by atoms with van der Waals surface area (Å²) in [5.74, 6) is -0.498. The lowest BCUT2D eigenvalue weighted by atomic mass is 10.1. The molecule has 1 amide bonds. The molecule has 2 unspecified atom stereocenters. The van der Waals surface area contributed by atoms with Gasteiger partial charge in [-0.2, -0.15) is 0 Å². The van der Waals surface area contributed by atoms with Crippen LogP contribution in [0.15, 0.2) is 22.7 Å². The Kier molecular flexibility index (Phi) is 5.56. The van der Waals surface area contributed by atoms with E-state index in [-0.39, 0.29) is 36.1 Å². The second-order valence-corrected chi connectivity index (χ2v) is 5.24. The molecule has 100 valence electrons. The molecule has 6 heteroatoms. The molecule has 0 spiro atoms. The Hall–Kier alpha value is -0.650. The van der Waals surface area contributed by atoms with E-state index in [0.29, 0.717) is 16.6 Å². The van der Waals surface area contributed by atoms with Gasteiger partial charge in [-0.25, -0.2) is 4.39 Å². The van der Waals surface area contributed by atoms with Crippen LogP contribution < -0.4 is 11.1 Å². The van der Waals surface area contributed by atoms with Crippen molar-refractivity contribution in [3.63, 3.8) is 0 Å². The standard InChI is InChI=1S/C12H14BrFN2O.ClH/c13-10-4-3-9(6-11(10)14)16-12(17)7-1-2-8(15)5-7;/h3-4,6-8H,1-2,5,15H2,(H,16,17);1H. The topological polar surface area (TPSA) is 55.1 Å². The Balaban J connectivity index is 0.00000162. The lowest BCUT2D eigenvalue weighted by molar-refractivity contribution is -0.119.